The second-order valence-electron chi connectivity index (χ2n) is 4.71. The highest BCUT2D eigenvalue weighted by Gasteiger charge is 2.23. The number of aryl methyl sites for hydroxylation is 1. The van der Waals surface area contributed by atoms with Gasteiger partial charge in [0.1, 0.15) is 0 Å². The van der Waals surface area contributed by atoms with Gasteiger partial charge in [0.2, 0.25) is 0 Å². The van der Waals surface area contributed by atoms with Crippen molar-refractivity contribution >= 4 is 5.97 Å². The molecule has 1 aliphatic rings. The summed E-state index contributed by atoms with van der Waals surface area (Å²) in [7, 11) is 1.36. The normalized spacial score (nSPS) is 21.6. The lowest BCUT2D eigenvalue weighted by Crippen LogP contribution is -2.32. The number of allylic oxidation sites excluding steroid dienone is 2. The molecule has 1 aliphatic carbocycles. The van der Waals surface area contributed by atoms with Gasteiger partial charge in [-0.25, -0.2) is 4.79 Å². The third-order valence-corrected chi connectivity index (χ3v) is 3.31. The van der Waals surface area contributed by atoms with Crippen molar-refractivity contribution in [3.05, 3.63) is 44.8 Å². The van der Waals surface area contributed by atoms with E-state index in [1.807, 2.05) is 12.2 Å². The number of carbonyl (C=O) groups is 1. The molecule has 0 spiro atoms. The highest BCUT2D eigenvalue weighted by Crippen LogP contribution is 2.28. The molecule has 0 aromatic carbocycles. The highest BCUT2D eigenvalue weighted by molar-refractivity contribution is 5.69. The lowest BCUT2D eigenvalue weighted by molar-refractivity contribution is -0.141. The zero-order chi connectivity index (χ0) is 14.0. The van der Waals surface area contributed by atoms with Crippen LogP contribution in [-0.2, 0) is 9.53 Å². The van der Waals surface area contributed by atoms with Crippen LogP contribution in [0.25, 0.3) is 0 Å². The zero-order valence-electron chi connectivity index (χ0n) is 10.9. The summed E-state index contributed by atoms with van der Waals surface area (Å²) < 4.78 is 6.11. The number of aromatic amines is 1. The Morgan fingerprint density at radius 2 is 2.21 bits per heavy atom. The minimum absolute atomic E-state index is 0.0663. The van der Waals surface area contributed by atoms with Crippen molar-refractivity contribution < 1.29 is 9.53 Å². The van der Waals surface area contributed by atoms with Crippen LogP contribution in [0.4, 0.5) is 0 Å². The van der Waals surface area contributed by atoms with E-state index in [0.29, 0.717) is 18.4 Å². The van der Waals surface area contributed by atoms with Gasteiger partial charge in [0.15, 0.2) is 0 Å². The summed E-state index contributed by atoms with van der Waals surface area (Å²) in [5, 5.41) is 0. The summed E-state index contributed by atoms with van der Waals surface area (Å²) >= 11 is 0. The number of nitrogens with one attached hydrogen (secondary N) is 1. The van der Waals surface area contributed by atoms with Crippen molar-refractivity contribution in [2.45, 2.75) is 25.8 Å². The molecule has 2 rings (SSSR count). The second-order valence-corrected chi connectivity index (χ2v) is 4.71. The maximum Gasteiger partial charge on any atom is 0.328 e. The number of nitrogens with zero attached hydrogens (tertiary/aromatic N) is 1. The maximum absolute atomic E-state index is 11.7. The van der Waals surface area contributed by atoms with Crippen LogP contribution in [0.15, 0.2) is 27.9 Å². The molecule has 0 bridgehead atoms. The number of ether oxygens (including phenoxy) is 1. The molecule has 1 aromatic heterocycles. The van der Waals surface area contributed by atoms with E-state index in [-0.39, 0.29) is 23.5 Å². The second kappa shape index (κ2) is 5.26. The molecule has 6 nitrogen and oxygen atoms in total. The van der Waals surface area contributed by atoms with Crippen LogP contribution < -0.4 is 11.2 Å². The number of carbonyl (C=O) groups excluding carboxylic acids is 1. The standard InChI is InChI=1S/C13H16N2O4/c1-8-7-15(13(18)14-12(8)17)10-4-3-9(5-10)6-11(16)19-2/h3-4,7,9-10H,5-6H2,1-2H3,(H,14,17,18)/t9-,10+/m1/s1. The van der Waals surface area contributed by atoms with Gasteiger partial charge in [-0.3, -0.25) is 19.1 Å². The van der Waals surface area contributed by atoms with Crippen LogP contribution in [0.2, 0.25) is 0 Å². The number of hydrogen-bond acceptors (Lipinski definition) is 4. The molecule has 0 saturated carbocycles. The van der Waals surface area contributed by atoms with E-state index >= 15 is 0 Å². The Morgan fingerprint density at radius 1 is 1.47 bits per heavy atom. The lowest BCUT2D eigenvalue weighted by Gasteiger charge is -2.14. The van der Waals surface area contributed by atoms with Crippen molar-refractivity contribution in [2.24, 2.45) is 5.92 Å². The fourth-order valence-electron chi connectivity index (χ4n) is 2.24. The van der Waals surface area contributed by atoms with Gasteiger partial charge in [0.25, 0.3) is 5.56 Å². The largest absolute Gasteiger partial charge is 0.469 e. The molecular weight excluding hydrogens is 248 g/mol. The monoisotopic (exact) mass is 264 g/mol. The molecule has 0 saturated heterocycles. The Hall–Kier alpha value is -2.11. The summed E-state index contributed by atoms with van der Waals surface area (Å²) in [6.07, 6.45) is 6.30. The van der Waals surface area contributed by atoms with Gasteiger partial charge in [-0.1, -0.05) is 12.2 Å². The summed E-state index contributed by atoms with van der Waals surface area (Å²) in [4.78, 5) is 36.5. The summed E-state index contributed by atoms with van der Waals surface area (Å²) in [6, 6.07) is -0.127. The van der Waals surface area contributed by atoms with Crippen LogP contribution in [-0.4, -0.2) is 22.6 Å². The first-order valence-corrected chi connectivity index (χ1v) is 6.08. The van der Waals surface area contributed by atoms with Crippen LogP contribution >= 0.6 is 0 Å². The third-order valence-electron chi connectivity index (χ3n) is 3.31. The molecule has 1 aromatic rings. The number of methoxy groups -OCH3 is 1. The molecule has 1 N–H and O–H groups in total. The van der Waals surface area contributed by atoms with Gasteiger partial charge in [-0.05, 0) is 19.3 Å². The smallest absolute Gasteiger partial charge is 0.328 e. The Balaban J connectivity index is 2.16. The van der Waals surface area contributed by atoms with Crippen molar-refractivity contribution in [1.29, 1.82) is 0 Å². The molecular formula is C13H16N2O4. The summed E-state index contributed by atoms with van der Waals surface area (Å²) in [6.45, 7) is 1.65. The lowest BCUT2D eigenvalue weighted by atomic mass is 10.0. The van der Waals surface area contributed by atoms with Crippen molar-refractivity contribution in [1.82, 2.24) is 9.55 Å². The molecule has 0 aliphatic heterocycles. The molecule has 19 heavy (non-hydrogen) atoms. The van der Waals surface area contributed by atoms with Gasteiger partial charge >= 0.3 is 11.7 Å². The van der Waals surface area contributed by atoms with E-state index in [9.17, 15) is 14.4 Å². The van der Waals surface area contributed by atoms with Gasteiger partial charge in [-0.15, -0.1) is 0 Å². The molecule has 0 fully saturated rings. The van der Waals surface area contributed by atoms with Crippen LogP contribution in [0.3, 0.4) is 0 Å². The number of hydrogen-bond donors (Lipinski definition) is 1. The van der Waals surface area contributed by atoms with Gasteiger partial charge < -0.3 is 4.74 Å². The zero-order valence-corrected chi connectivity index (χ0v) is 10.9. The fraction of sp³-hybridized carbons (Fsp3) is 0.462. The van der Waals surface area contributed by atoms with E-state index < -0.39 is 5.69 Å². The minimum atomic E-state index is -0.427. The van der Waals surface area contributed by atoms with Crippen molar-refractivity contribution in [3.8, 4) is 0 Å². The average Bonchev–Trinajstić information content (AvgIpc) is 2.82. The number of aromatic nitrogens is 2. The maximum atomic E-state index is 11.7. The summed E-state index contributed by atoms with van der Waals surface area (Å²) in [5.74, 6) is -0.197. The van der Waals surface area contributed by atoms with Crippen molar-refractivity contribution in [3.63, 3.8) is 0 Å². The Kier molecular flexibility index (Phi) is 3.69. The highest BCUT2D eigenvalue weighted by atomic mass is 16.5. The van der Waals surface area contributed by atoms with E-state index in [4.69, 9.17) is 0 Å². The molecule has 0 amide bonds. The SMILES string of the molecule is COC(=O)C[C@@H]1C=C[C@H](n2cc(C)c(=O)[nH]c2=O)C1. The predicted octanol–water partition coefficient (Wildman–Crippen LogP) is 0.525. The third kappa shape index (κ3) is 2.83. The number of rotatable bonds is 3. The number of H-pyrrole nitrogens is 1. The molecule has 0 radical (unpaired) electrons. The Morgan fingerprint density at radius 3 is 2.89 bits per heavy atom. The van der Waals surface area contributed by atoms with E-state index in [2.05, 4.69) is 9.72 Å². The fourth-order valence-corrected chi connectivity index (χ4v) is 2.24. The molecule has 1 heterocycles. The number of esters is 1. The van der Waals surface area contributed by atoms with Gasteiger partial charge in [0.05, 0.1) is 19.6 Å². The average molecular weight is 264 g/mol. The first-order chi connectivity index (χ1) is 9.01. The van der Waals surface area contributed by atoms with Crippen LogP contribution in [0, 0.1) is 12.8 Å². The molecule has 0 unspecified atom stereocenters. The van der Waals surface area contributed by atoms with Gasteiger partial charge in [-0.2, -0.15) is 0 Å². The van der Waals surface area contributed by atoms with Crippen LogP contribution in [0.1, 0.15) is 24.4 Å². The minimum Gasteiger partial charge on any atom is -0.469 e. The predicted molar refractivity (Wildman–Crippen MR) is 69.0 cm³/mol. The van der Waals surface area contributed by atoms with E-state index in [1.54, 1.807) is 13.1 Å². The van der Waals surface area contributed by atoms with Crippen molar-refractivity contribution in [2.75, 3.05) is 7.11 Å². The van der Waals surface area contributed by atoms with E-state index in [1.165, 1.54) is 11.7 Å². The van der Waals surface area contributed by atoms with Gasteiger partial charge in [0, 0.05) is 11.8 Å². The molecule has 6 heteroatoms. The Bertz CT molecular complexity index is 626. The quantitative estimate of drug-likeness (QED) is 0.637. The molecule has 2 atom stereocenters. The topological polar surface area (TPSA) is 81.2 Å². The van der Waals surface area contributed by atoms with E-state index in [0.717, 1.165) is 0 Å². The summed E-state index contributed by atoms with van der Waals surface area (Å²) in [5.41, 5.74) is -0.303. The van der Waals surface area contributed by atoms with Crippen LogP contribution in [0.5, 0.6) is 0 Å². The first-order valence-electron chi connectivity index (χ1n) is 6.08. The Labute approximate surface area is 109 Å². The first kappa shape index (κ1) is 13.3. The molecule has 102 valence electrons.